The molecule has 0 radical (unpaired) electrons. The molecular weight excluding hydrogens is 240 g/mol. The summed E-state index contributed by atoms with van der Waals surface area (Å²) in [6, 6.07) is 9.67. The van der Waals surface area contributed by atoms with Crippen LogP contribution in [0.3, 0.4) is 0 Å². The Morgan fingerprint density at radius 1 is 1.21 bits per heavy atom. The summed E-state index contributed by atoms with van der Waals surface area (Å²) in [6.07, 6.45) is 5.00. The molecule has 104 valence electrons. The molecule has 1 aliphatic carbocycles. The van der Waals surface area contributed by atoms with Gasteiger partial charge in [0, 0.05) is 6.54 Å². The van der Waals surface area contributed by atoms with Crippen molar-refractivity contribution >= 4 is 5.91 Å². The molecule has 3 N–H and O–H groups in total. The number of nitrogens with two attached hydrogens (primary N) is 1. The SMILES string of the molecule is NC(=O)C1(NCCOc2ccccc2)CCCCC1. The predicted octanol–water partition coefficient (Wildman–Crippen LogP) is 1.84. The minimum atomic E-state index is -0.516. The van der Waals surface area contributed by atoms with E-state index >= 15 is 0 Å². The van der Waals surface area contributed by atoms with Crippen LogP contribution in [-0.2, 0) is 4.79 Å². The fourth-order valence-corrected chi connectivity index (χ4v) is 2.64. The second-order valence-corrected chi connectivity index (χ2v) is 5.10. The standard InChI is InChI=1S/C15H22N2O2/c16-14(18)15(9-5-2-6-10-15)17-11-12-19-13-7-3-1-4-8-13/h1,3-4,7-8,17H,2,5-6,9-12H2,(H2,16,18). The van der Waals surface area contributed by atoms with Crippen molar-refractivity contribution in [2.24, 2.45) is 5.73 Å². The van der Waals surface area contributed by atoms with Crippen molar-refractivity contribution in [1.82, 2.24) is 5.32 Å². The van der Waals surface area contributed by atoms with Crippen LogP contribution < -0.4 is 15.8 Å². The molecule has 1 aromatic rings. The van der Waals surface area contributed by atoms with Crippen LogP contribution in [0.15, 0.2) is 30.3 Å². The maximum Gasteiger partial charge on any atom is 0.237 e. The Kier molecular flexibility index (Phi) is 4.80. The average molecular weight is 262 g/mol. The molecule has 0 spiro atoms. The number of ether oxygens (including phenoxy) is 1. The summed E-state index contributed by atoms with van der Waals surface area (Å²) in [4.78, 5) is 11.7. The average Bonchev–Trinajstić information content (AvgIpc) is 2.46. The van der Waals surface area contributed by atoms with Gasteiger partial charge in [-0.05, 0) is 25.0 Å². The Morgan fingerprint density at radius 3 is 2.53 bits per heavy atom. The zero-order valence-electron chi connectivity index (χ0n) is 11.2. The monoisotopic (exact) mass is 262 g/mol. The van der Waals surface area contributed by atoms with Crippen molar-refractivity contribution in [3.63, 3.8) is 0 Å². The molecule has 0 bridgehead atoms. The summed E-state index contributed by atoms with van der Waals surface area (Å²) in [6.45, 7) is 1.18. The fourth-order valence-electron chi connectivity index (χ4n) is 2.64. The van der Waals surface area contributed by atoms with Gasteiger partial charge in [-0.25, -0.2) is 0 Å². The zero-order valence-corrected chi connectivity index (χ0v) is 11.2. The molecular formula is C15H22N2O2. The smallest absolute Gasteiger partial charge is 0.237 e. The number of hydrogen-bond acceptors (Lipinski definition) is 3. The van der Waals surface area contributed by atoms with Crippen LogP contribution in [-0.4, -0.2) is 24.6 Å². The van der Waals surface area contributed by atoms with E-state index in [1.165, 1.54) is 6.42 Å². The van der Waals surface area contributed by atoms with Gasteiger partial charge < -0.3 is 10.5 Å². The Balaban J connectivity index is 1.78. The van der Waals surface area contributed by atoms with Gasteiger partial charge >= 0.3 is 0 Å². The van der Waals surface area contributed by atoms with Crippen LogP contribution in [0.5, 0.6) is 5.75 Å². The van der Waals surface area contributed by atoms with Crippen LogP contribution in [0.25, 0.3) is 0 Å². The van der Waals surface area contributed by atoms with Crippen molar-refractivity contribution in [2.75, 3.05) is 13.2 Å². The lowest BCUT2D eigenvalue weighted by molar-refractivity contribution is -0.125. The molecule has 0 atom stereocenters. The van der Waals surface area contributed by atoms with E-state index in [0.717, 1.165) is 31.4 Å². The quantitative estimate of drug-likeness (QED) is 0.769. The van der Waals surface area contributed by atoms with E-state index in [9.17, 15) is 4.79 Å². The van der Waals surface area contributed by atoms with E-state index in [0.29, 0.717) is 13.2 Å². The number of carbonyl (C=O) groups is 1. The number of amides is 1. The van der Waals surface area contributed by atoms with Gasteiger partial charge in [0.25, 0.3) is 0 Å². The molecule has 1 saturated carbocycles. The first-order valence-electron chi connectivity index (χ1n) is 6.96. The summed E-state index contributed by atoms with van der Waals surface area (Å²) in [7, 11) is 0. The van der Waals surface area contributed by atoms with Gasteiger partial charge in [0.15, 0.2) is 0 Å². The lowest BCUT2D eigenvalue weighted by Gasteiger charge is -2.35. The number of nitrogens with one attached hydrogen (secondary N) is 1. The van der Waals surface area contributed by atoms with E-state index in [1.807, 2.05) is 30.3 Å². The molecule has 0 aliphatic heterocycles. The van der Waals surface area contributed by atoms with E-state index in [-0.39, 0.29) is 5.91 Å². The number of primary amides is 1. The van der Waals surface area contributed by atoms with Gasteiger partial charge in [-0.2, -0.15) is 0 Å². The molecule has 1 aliphatic rings. The highest BCUT2D eigenvalue weighted by atomic mass is 16.5. The molecule has 0 unspecified atom stereocenters. The van der Waals surface area contributed by atoms with Gasteiger partial charge in [-0.15, -0.1) is 0 Å². The van der Waals surface area contributed by atoms with E-state index < -0.39 is 5.54 Å². The Morgan fingerprint density at radius 2 is 1.89 bits per heavy atom. The molecule has 1 aromatic carbocycles. The Labute approximate surface area is 114 Å². The third kappa shape index (κ3) is 3.70. The van der Waals surface area contributed by atoms with Crippen LogP contribution in [0.4, 0.5) is 0 Å². The van der Waals surface area contributed by atoms with Crippen LogP contribution in [0, 0.1) is 0 Å². The minimum Gasteiger partial charge on any atom is -0.492 e. The van der Waals surface area contributed by atoms with Gasteiger partial charge in [0.1, 0.15) is 12.4 Å². The first-order valence-corrected chi connectivity index (χ1v) is 6.96. The third-order valence-electron chi connectivity index (χ3n) is 3.76. The summed E-state index contributed by atoms with van der Waals surface area (Å²) >= 11 is 0. The summed E-state index contributed by atoms with van der Waals surface area (Å²) < 4.78 is 5.61. The van der Waals surface area contributed by atoms with Crippen molar-refractivity contribution in [3.8, 4) is 5.75 Å². The third-order valence-corrected chi connectivity index (χ3v) is 3.76. The second kappa shape index (κ2) is 6.57. The molecule has 19 heavy (non-hydrogen) atoms. The van der Waals surface area contributed by atoms with Crippen molar-refractivity contribution in [1.29, 1.82) is 0 Å². The minimum absolute atomic E-state index is 0.230. The van der Waals surface area contributed by atoms with E-state index in [1.54, 1.807) is 0 Å². The van der Waals surface area contributed by atoms with Gasteiger partial charge in [0.05, 0.1) is 5.54 Å². The highest BCUT2D eigenvalue weighted by Crippen LogP contribution is 2.27. The molecule has 2 rings (SSSR count). The molecule has 1 fully saturated rings. The van der Waals surface area contributed by atoms with Crippen LogP contribution in [0.1, 0.15) is 32.1 Å². The van der Waals surface area contributed by atoms with Crippen LogP contribution in [0.2, 0.25) is 0 Å². The first-order chi connectivity index (χ1) is 9.23. The Hall–Kier alpha value is -1.55. The van der Waals surface area contributed by atoms with Crippen molar-refractivity contribution in [2.45, 2.75) is 37.6 Å². The van der Waals surface area contributed by atoms with Gasteiger partial charge in [-0.1, -0.05) is 37.5 Å². The largest absolute Gasteiger partial charge is 0.492 e. The van der Waals surface area contributed by atoms with E-state index in [2.05, 4.69) is 5.32 Å². The topological polar surface area (TPSA) is 64.4 Å². The maximum absolute atomic E-state index is 11.7. The molecule has 0 saturated heterocycles. The second-order valence-electron chi connectivity index (χ2n) is 5.10. The first kappa shape index (κ1) is 13.9. The number of rotatable bonds is 6. The van der Waals surface area contributed by atoms with Crippen molar-refractivity contribution in [3.05, 3.63) is 30.3 Å². The highest BCUT2D eigenvalue weighted by molar-refractivity contribution is 5.84. The molecule has 1 amide bonds. The summed E-state index contributed by atoms with van der Waals surface area (Å²) in [5, 5.41) is 3.31. The van der Waals surface area contributed by atoms with Gasteiger partial charge in [0.2, 0.25) is 5.91 Å². The predicted molar refractivity (Wildman–Crippen MR) is 75.0 cm³/mol. The Bertz CT molecular complexity index is 400. The molecule has 4 nitrogen and oxygen atoms in total. The lowest BCUT2D eigenvalue weighted by Crippen LogP contribution is -2.57. The number of para-hydroxylation sites is 1. The van der Waals surface area contributed by atoms with E-state index in [4.69, 9.17) is 10.5 Å². The molecule has 0 aromatic heterocycles. The number of benzene rings is 1. The fraction of sp³-hybridized carbons (Fsp3) is 0.533. The highest BCUT2D eigenvalue weighted by Gasteiger charge is 2.36. The summed E-state index contributed by atoms with van der Waals surface area (Å²) in [5.74, 6) is 0.619. The van der Waals surface area contributed by atoms with Gasteiger partial charge in [-0.3, -0.25) is 10.1 Å². The van der Waals surface area contributed by atoms with Crippen LogP contribution >= 0.6 is 0 Å². The number of hydrogen-bond donors (Lipinski definition) is 2. The molecule has 4 heteroatoms. The maximum atomic E-state index is 11.7. The number of carbonyl (C=O) groups excluding carboxylic acids is 1. The summed E-state index contributed by atoms with van der Waals surface area (Å²) in [5.41, 5.74) is 5.04. The molecule has 0 heterocycles. The van der Waals surface area contributed by atoms with Crippen molar-refractivity contribution < 1.29 is 9.53 Å². The zero-order chi connectivity index (χ0) is 13.6. The normalized spacial score (nSPS) is 17.9. The lowest BCUT2D eigenvalue weighted by atomic mass is 9.81.